The molecule has 0 saturated carbocycles. The van der Waals surface area contributed by atoms with Crippen molar-refractivity contribution in [2.75, 3.05) is 6.61 Å². The Hall–Kier alpha value is -3.33. The van der Waals surface area contributed by atoms with Crippen LogP contribution in [0.25, 0.3) is 0 Å². The molecule has 2 aromatic rings. The maximum atomic E-state index is 14.2. The van der Waals surface area contributed by atoms with E-state index in [2.05, 4.69) is 6.58 Å². The number of para-hydroxylation sites is 2. The number of hydrogen-bond donors (Lipinski definition) is 0. The van der Waals surface area contributed by atoms with Gasteiger partial charge in [-0.1, -0.05) is 56.0 Å². The largest absolute Gasteiger partial charge is 0.646 e. The highest BCUT2D eigenvalue weighted by molar-refractivity contribution is 7.49. The van der Waals surface area contributed by atoms with Gasteiger partial charge in [0.1, 0.15) is 23.9 Å². The van der Waals surface area contributed by atoms with Gasteiger partial charge in [0.25, 0.3) is 0 Å². The Morgan fingerprint density at radius 1 is 1.03 bits per heavy atom. The molecule has 1 saturated heterocycles. The summed E-state index contributed by atoms with van der Waals surface area (Å²) in [5.41, 5.74) is -0.121. The number of ether oxygens (including phenoxy) is 1. The number of fused-ring (bicyclic) bond motifs is 1. The van der Waals surface area contributed by atoms with Crippen LogP contribution in [0, 0.1) is 11.8 Å². The minimum absolute atomic E-state index is 0.000288. The maximum absolute atomic E-state index is 14.2. The highest BCUT2D eigenvalue weighted by Crippen LogP contribution is 2.57. The van der Waals surface area contributed by atoms with E-state index in [4.69, 9.17) is 22.7 Å². The third-order valence-electron chi connectivity index (χ3n) is 6.29. The highest BCUT2D eigenvalue weighted by Gasteiger charge is 2.62. The van der Waals surface area contributed by atoms with E-state index in [1.54, 1.807) is 67.6 Å². The summed E-state index contributed by atoms with van der Waals surface area (Å²) in [6.07, 6.45) is 1.03. The van der Waals surface area contributed by atoms with Crippen LogP contribution in [0.3, 0.4) is 0 Å². The average Bonchev–Trinajstić information content (AvgIpc) is 3.10. The Kier molecular flexibility index (Phi) is 8.39. The summed E-state index contributed by atoms with van der Waals surface area (Å²) >= 11 is 0. The second-order valence-corrected chi connectivity index (χ2v) is 16.3. The first-order chi connectivity index (χ1) is 18.4. The Bertz CT molecular complexity index is 1250. The molecule has 2 aliphatic rings. The minimum Gasteiger partial charge on any atom is -0.457 e. The number of phosphoric ester groups is 1. The van der Waals surface area contributed by atoms with Crippen LogP contribution >= 0.6 is 7.82 Å². The van der Waals surface area contributed by atoms with Gasteiger partial charge in [-0.05, 0) is 50.8 Å². The second kappa shape index (κ2) is 11.4. The van der Waals surface area contributed by atoms with Crippen LogP contribution in [-0.2, 0) is 27.8 Å². The molecule has 4 atom stereocenters. The first-order valence-corrected chi connectivity index (χ1v) is 17.6. The van der Waals surface area contributed by atoms with Crippen molar-refractivity contribution in [3.8, 4) is 11.5 Å². The molecule has 0 aliphatic carbocycles. The molecule has 1 unspecified atom stereocenters. The van der Waals surface area contributed by atoms with Crippen LogP contribution in [0.2, 0.25) is 19.6 Å². The summed E-state index contributed by atoms with van der Waals surface area (Å²) in [6.45, 7) is 13.3. The summed E-state index contributed by atoms with van der Waals surface area (Å²) in [5.74, 6) is -1.64. The molecular weight excluding hydrogens is 537 g/mol. The van der Waals surface area contributed by atoms with Gasteiger partial charge in [0.05, 0.1) is 18.1 Å². The molecule has 2 aromatic carbocycles. The van der Waals surface area contributed by atoms with Crippen molar-refractivity contribution >= 4 is 28.0 Å². The van der Waals surface area contributed by atoms with Gasteiger partial charge in [0.15, 0.2) is 14.0 Å². The van der Waals surface area contributed by atoms with E-state index >= 15 is 0 Å². The van der Waals surface area contributed by atoms with Gasteiger partial charge in [-0.25, -0.2) is 4.79 Å². The summed E-state index contributed by atoms with van der Waals surface area (Å²) < 4.78 is 43.2. The molecule has 1 fully saturated rings. The number of hydrogen-bond acceptors (Lipinski definition) is 8. The number of phosphoric acid groups is 1. The molecule has 2 heterocycles. The molecule has 9 nitrogen and oxygen atoms in total. The molecular formula is C28H34NO8PSi. The van der Waals surface area contributed by atoms with E-state index in [-0.39, 0.29) is 41.6 Å². The standard InChI is InChI=1S/C28H34NO8PSi/c1-7-18-33-28(31)25-26(19(2)24-23(27(30)29(24)25)20(3)37-39(4,5)6)36-38(32,34-21-14-10-8-11-15-21)35-22-16-12-9-13-17-22/h7-17,19-20,23-24H,1,18H2,2-6H3/t19-,20?,23-,24+/m1/s1. The van der Waals surface area contributed by atoms with E-state index in [1.165, 1.54) is 11.0 Å². The number of rotatable bonds is 12. The number of nitrogens with zero attached hydrogens (tertiary/aromatic N) is 1. The van der Waals surface area contributed by atoms with Crippen molar-refractivity contribution < 1.29 is 36.9 Å². The summed E-state index contributed by atoms with van der Waals surface area (Å²) in [5, 5.41) is 0. The lowest BCUT2D eigenvalue weighted by atomic mass is 9.79. The predicted octanol–water partition coefficient (Wildman–Crippen LogP) is 5.93. The van der Waals surface area contributed by atoms with Crippen molar-refractivity contribution in [3.05, 3.63) is 84.8 Å². The monoisotopic (exact) mass is 571 g/mol. The third kappa shape index (κ3) is 6.29. The van der Waals surface area contributed by atoms with Gasteiger partial charge in [-0.2, -0.15) is 4.57 Å². The van der Waals surface area contributed by atoms with Crippen molar-refractivity contribution in [3.63, 3.8) is 0 Å². The van der Waals surface area contributed by atoms with Crippen molar-refractivity contribution in [1.29, 1.82) is 0 Å². The Morgan fingerprint density at radius 3 is 2.05 bits per heavy atom. The maximum Gasteiger partial charge on any atom is 0.646 e. The topological polar surface area (TPSA) is 101 Å². The van der Waals surface area contributed by atoms with Gasteiger partial charge in [-0.3, -0.25) is 9.69 Å². The van der Waals surface area contributed by atoms with Crippen LogP contribution < -0.4 is 9.05 Å². The molecule has 208 valence electrons. The number of amides is 1. The summed E-state index contributed by atoms with van der Waals surface area (Å²) in [7, 11) is -6.38. The Balaban J connectivity index is 1.72. The van der Waals surface area contributed by atoms with E-state index in [0.29, 0.717) is 0 Å². The van der Waals surface area contributed by atoms with Crippen LogP contribution in [0.1, 0.15) is 13.8 Å². The fourth-order valence-electron chi connectivity index (χ4n) is 4.85. The zero-order valence-electron chi connectivity index (χ0n) is 22.7. The fourth-order valence-corrected chi connectivity index (χ4v) is 7.48. The van der Waals surface area contributed by atoms with E-state index in [0.717, 1.165) is 0 Å². The molecule has 0 bridgehead atoms. The number of esters is 1. The van der Waals surface area contributed by atoms with Gasteiger partial charge in [-0.15, -0.1) is 0 Å². The fraction of sp³-hybridized carbons (Fsp3) is 0.357. The van der Waals surface area contributed by atoms with Crippen LogP contribution in [0.4, 0.5) is 0 Å². The molecule has 11 heteroatoms. The van der Waals surface area contributed by atoms with Gasteiger partial charge >= 0.3 is 13.8 Å². The molecule has 1 amide bonds. The highest BCUT2D eigenvalue weighted by atomic mass is 31.2. The zero-order chi connectivity index (χ0) is 28.4. The lowest BCUT2D eigenvalue weighted by Gasteiger charge is -2.48. The third-order valence-corrected chi connectivity index (χ3v) is 8.66. The van der Waals surface area contributed by atoms with E-state index in [9.17, 15) is 14.2 Å². The Morgan fingerprint density at radius 2 is 1.56 bits per heavy atom. The predicted molar refractivity (Wildman–Crippen MR) is 148 cm³/mol. The normalized spacial score (nSPS) is 21.5. The zero-order valence-corrected chi connectivity index (χ0v) is 24.6. The van der Waals surface area contributed by atoms with Crippen LogP contribution in [-0.4, -0.2) is 43.8 Å². The molecule has 0 spiro atoms. The van der Waals surface area contributed by atoms with Crippen molar-refractivity contribution in [2.24, 2.45) is 11.8 Å². The average molecular weight is 572 g/mol. The Labute approximate surface area is 230 Å². The van der Waals surface area contributed by atoms with Crippen molar-refractivity contribution in [1.82, 2.24) is 4.90 Å². The van der Waals surface area contributed by atoms with E-state index in [1.807, 2.05) is 26.6 Å². The number of β-lactam (4-membered cyclic amide) rings is 1. The van der Waals surface area contributed by atoms with Crippen LogP contribution in [0.15, 0.2) is 84.8 Å². The van der Waals surface area contributed by atoms with Crippen molar-refractivity contribution in [2.45, 2.75) is 45.6 Å². The summed E-state index contributed by atoms with van der Waals surface area (Å²) in [4.78, 5) is 28.0. The smallest absolute Gasteiger partial charge is 0.457 e. The first-order valence-electron chi connectivity index (χ1n) is 12.8. The van der Waals surface area contributed by atoms with Gasteiger partial charge < -0.3 is 22.7 Å². The molecule has 2 aliphatic heterocycles. The summed E-state index contributed by atoms with van der Waals surface area (Å²) in [6, 6.07) is 16.4. The van der Waals surface area contributed by atoms with Gasteiger partial charge in [0, 0.05) is 5.92 Å². The number of carbonyl (C=O) groups excluding carboxylic acids is 2. The minimum atomic E-state index is -4.42. The lowest BCUT2D eigenvalue weighted by Crippen LogP contribution is -2.64. The number of benzene rings is 2. The van der Waals surface area contributed by atoms with Gasteiger partial charge in [0.2, 0.25) is 5.91 Å². The molecule has 39 heavy (non-hydrogen) atoms. The molecule has 0 N–H and O–H groups in total. The quantitative estimate of drug-likeness (QED) is 0.102. The lowest BCUT2D eigenvalue weighted by molar-refractivity contribution is -0.163. The van der Waals surface area contributed by atoms with Crippen LogP contribution in [0.5, 0.6) is 11.5 Å². The SMILES string of the molecule is C=CCOC(=O)C1=C(OP(=O)(Oc2ccccc2)Oc2ccccc2)[C@H](C)[C@H]2[C@@H](C(C)O[Si](C)(C)C)C(=O)N12. The van der Waals surface area contributed by atoms with E-state index < -0.39 is 40.0 Å². The molecule has 4 rings (SSSR count). The first kappa shape index (κ1) is 28.7. The number of carbonyl (C=O) groups is 2. The molecule has 0 aromatic heterocycles. The molecule has 0 radical (unpaired) electrons. The second-order valence-electron chi connectivity index (χ2n) is 10.4.